The topological polar surface area (TPSA) is 117 Å². The highest BCUT2D eigenvalue weighted by molar-refractivity contribution is 7.89. The minimum Gasteiger partial charge on any atom is -0.475 e. The van der Waals surface area contributed by atoms with Crippen molar-refractivity contribution in [2.75, 3.05) is 13.1 Å². The van der Waals surface area contributed by atoms with Crippen LogP contribution in [0.15, 0.2) is 47.6 Å². The second kappa shape index (κ2) is 9.90. The Kier molecular flexibility index (Phi) is 7.50. The number of nitrogens with zero attached hydrogens (tertiary/aromatic N) is 2. The van der Waals surface area contributed by atoms with Gasteiger partial charge in [-0.3, -0.25) is 9.78 Å². The number of carboxylic acids is 1. The lowest BCUT2D eigenvalue weighted by Crippen LogP contribution is -2.31. The van der Waals surface area contributed by atoms with Gasteiger partial charge in [0.25, 0.3) is 0 Å². The molecule has 1 saturated carbocycles. The van der Waals surface area contributed by atoms with Crippen molar-refractivity contribution in [2.45, 2.75) is 37.4 Å². The van der Waals surface area contributed by atoms with Crippen LogP contribution in [0.1, 0.15) is 24.0 Å². The summed E-state index contributed by atoms with van der Waals surface area (Å²) in [6, 6.07) is 7.68. The fourth-order valence-corrected chi connectivity index (χ4v) is 5.48. The van der Waals surface area contributed by atoms with E-state index in [1.165, 1.54) is 16.4 Å². The molecule has 35 heavy (non-hydrogen) atoms. The monoisotopic (exact) mass is 517 g/mol. The van der Waals surface area contributed by atoms with Crippen LogP contribution in [0.3, 0.4) is 0 Å². The number of hydrogen-bond donors (Lipinski definition) is 2. The number of sulfonamides is 1. The lowest BCUT2D eigenvalue weighted by Gasteiger charge is -2.17. The molecule has 4 rings (SSSR count). The van der Waals surface area contributed by atoms with E-state index < -0.39 is 28.0 Å². The van der Waals surface area contributed by atoms with Gasteiger partial charge in [-0.2, -0.15) is 17.5 Å². The summed E-state index contributed by atoms with van der Waals surface area (Å²) in [6.07, 6.45) is -0.381. The first-order chi connectivity index (χ1) is 16.3. The first-order valence-corrected chi connectivity index (χ1v) is 11.9. The van der Waals surface area contributed by atoms with Gasteiger partial charge in [0.1, 0.15) is 5.82 Å². The predicted octanol–water partition coefficient (Wildman–Crippen LogP) is 2.88. The minimum atomic E-state index is -5.08. The van der Waals surface area contributed by atoms with Crippen LogP contribution in [-0.2, 0) is 26.2 Å². The van der Waals surface area contributed by atoms with Crippen molar-refractivity contribution in [3.05, 3.63) is 59.7 Å². The first-order valence-electron chi connectivity index (χ1n) is 10.5. The zero-order valence-corrected chi connectivity index (χ0v) is 19.4. The standard InChI is InChI=1S/C20H22FN3O3S.C2HF3O2/c1-14-4-5-16(9-18(14)21)28(26,27)24-8-6-20(13-24)10-17(20)19(25)23-12-15-3-2-7-22-11-15;3-2(4,5)1(6)7/h2-5,7,9,11,17H,6,8,10,12-13H2,1H3,(H,23,25);(H,6,7). The number of aryl methyl sites for hydroxylation is 1. The molecule has 2 fully saturated rings. The van der Waals surface area contributed by atoms with Crippen molar-refractivity contribution in [2.24, 2.45) is 11.3 Å². The zero-order chi connectivity index (χ0) is 26.0. The van der Waals surface area contributed by atoms with Gasteiger partial charge in [0.05, 0.1) is 4.90 Å². The fraction of sp³-hybridized carbons (Fsp3) is 0.409. The van der Waals surface area contributed by atoms with Crippen LogP contribution in [0.2, 0.25) is 0 Å². The summed E-state index contributed by atoms with van der Waals surface area (Å²) in [6.45, 7) is 2.65. The number of carboxylic acid groups (broad SMARTS) is 1. The second-order valence-electron chi connectivity index (χ2n) is 8.50. The van der Waals surface area contributed by atoms with Crippen LogP contribution in [0.4, 0.5) is 17.6 Å². The van der Waals surface area contributed by atoms with E-state index in [0.717, 1.165) is 11.6 Å². The number of rotatable bonds is 5. The smallest absolute Gasteiger partial charge is 0.475 e. The Balaban J connectivity index is 0.000000429. The van der Waals surface area contributed by atoms with Crippen molar-refractivity contribution < 1.29 is 40.7 Å². The number of alkyl halides is 3. The molecule has 1 aliphatic heterocycles. The summed E-state index contributed by atoms with van der Waals surface area (Å²) >= 11 is 0. The highest BCUT2D eigenvalue weighted by atomic mass is 32.2. The Morgan fingerprint density at radius 2 is 1.97 bits per heavy atom. The number of hydrogen-bond acceptors (Lipinski definition) is 5. The normalized spacial score (nSPS) is 21.8. The number of benzene rings is 1. The van der Waals surface area contributed by atoms with E-state index in [2.05, 4.69) is 10.3 Å². The van der Waals surface area contributed by atoms with E-state index in [1.54, 1.807) is 19.3 Å². The average molecular weight is 518 g/mol. The van der Waals surface area contributed by atoms with E-state index in [9.17, 15) is 30.8 Å². The molecule has 2 heterocycles. The molecule has 1 saturated heterocycles. The average Bonchev–Trinajstić information content (AvgIpc) is 3.32. The second-order valence-corrected chi connectivity index (χ2v) is 10.4. The molecule has 2 N–H and O–H groups in total. The number of carbonyl (C=O) groups excluding carboxylic acids is 1. The van der Waals surface area contributed by atoms with Crippen LogP contribution in [0, 0.1) is 24.1 Å². The van der Waals surface area contributed by atoms with E-state index in [4.69, 9.17) is 9.90 Å². The molecule has 13 heteroatoms. The molecule has 2 unspecified atom stereocenters. The van der Waals surface area contributed by atoms with Gasteiger partial charge in [-0.15, -0.1) is 0 Å². The first kappa shape index (κ1) is 26.5. The predicted molar refractivity (Wildman–Crippen MR) is 115 cm³/mol. The molecule has 1 aromatic carbocycles. The maximum atomic E-state index is 13.8. The molecule has 8 nitrogen and oxygen atoms in total. The molecule has 2 aliphatic rings. The largest absolute Gasteiger partial charge is 0.490 e. The van der Waals surface area contributed by atoms with Crippen molar-refractivity contribution in [3.63, 3.8) is 0 Å². The van der Waals surface area contributed by atoms with Crippen LogP contribution in [0.5, 0.6) is 0 Å². The van der Waals surface area contributed by atoms with E-state index in [-0.39, 0.29) is 22.1 Å². The van der Waals surface area contributed by atoms with Gasteiger partial charge in [-0.1, -0.05) is 12.1 Å². The molecule has 1 amide bonds. The summed E-state index contributed by atoms with van der Waals surface area (Å²) in [5.41, 5.74) is 1.03. The van der Waals surface area contributed by atoms with Crippen molar-refractivity contribution >= 4 is 21.9 Å². The van der Waals surface area contributed by atoms with Gasteiger partial charge in [-0.25, -0.2) is 17.6 Å². The lowest BCUT2D eigenvalue weighted by atomic mass is 10.0. The molecule has 190 valence electrons. The maximum absolute atomic E-state index is 13.8. The van der Waals surface area contributed by atoms with Crippen LogP contribution in [-0.4, -0.2) is 54.0 Å². The van der Waals surface area contributed by atoms with Gasteiger partial charge >= 0.3 is 12.1 Å². The number of amides is 1. The third-order valence-electron chi connectivity index (χ3n) is 6.07. The van der Waals surface area contributed by atoms with Gasteiger partial charge < -0.3 is 10.4 Å². The Bertz CT molecular complexity index is 1210. The Labute approximate surface area is 199 Å². The molecule has 0 bridgehead atoms. The Morgan fingerprint density at radius 3 is 2.54 bits per heavy atom. The maximum Gasteiger partial charge on any atom is 0.490 e. The molecule has 2 atom stereocenters. The fourth-order valence-electron chi connectivity index (χ4n) is 3.93. The van der Waals surface area contributed by atoms with Gasteiger partial charge in [0.2, 0.25) is 15.9 Å². The van der Waals surface area contributed by atoms with E-state index in [0.29, 0.717) is 38.0 Å². The van der Waals surface area contributed by atoms with Gasteiger partial charge in [0, 0.05) is 37.9 Å². The van der Waals surface area contributed by atoms with Crippen LogP contribution in [0.25, 0.3) is 0 Å². The van der Waals surface area contributed by atoms with E-state index in [1.807, 2.05) is 12.1 Å². The number of aromatic nitrogens is 1. The minimum absolute atomic E-state index is 0.0362. The number of pyridine rings is 1. The highest BCUT2D eigenvalue weighted by Crippen LogP contribution is 2.59. The number of halogens is 4. The van der Waals surface area contributed by atoms with Crippen LogP contribution < -0.4 is 5.32 Å². The lowest BCUT2D eigenvalue weighted by molar-refractivity contribution is -0.192. The number of carbonyl (C=O) groups is 2. The molecule has 0 radical (unpaired) electrons. The summed E-state index contributed by atoms with van der Waals surface area (Å²) in [7, 11) is -3.76. The van der Waals surface area contributed by atoms with Gasteiger partial charge in [-0.05, 0) is 54.5 Å². The summed E-state index contributed by atoms with van der Waals surface area (Å²) in [5.74, 6) is -3.52. The quantitative estimate of drug-likeness (QED) is 0.590. The van der Waals surface area contributed by atoms with Gasteiger partial charge in [0.15, 0.2) is 0 Å². The summed E-state index contributed by atoms with van der Waals surface area (Å²) in [4.78, 5) is 25.4. The van der Waals surface area contributed by atoms with Crippen molar-refractivity contribution in [1.29, 1.82) is 0 Å². The molecule has 1 aromatic heterocycles. The third-order valence-corrected chi connectivity index (χ3v) is 7.91. The number of aliphatic carboxylic acids is 1. The molecule has 1 spiro atoms. The molecule has 1 aliphatic carbocycles. The highest BCUT2D eigenvalue weighted by Gasteiger charge is 2.62. The Morgan fingerprint density at radius 1 is 1.29 bits per heavy atom. The van der Waals surface area contributed by atoms with Crippen molar-refractivity contribution in [1.82, 2.24) is 14.6 Å². The van der Waals surface area contributed by atoms with Crippen molar-refractivity contribution in [3.8, 4) is 0 Å². The number of nitrogens with one attached hydrogen (secondary N) is 1. The molecule has 2 aromatic rings. The summed E-state index contributed by atoms with van der Waals surface area (Å²) in [5, 5.41) is 10.0. The molecular weight excluding hydrogens is 494 g/mol. The Hall–Kier alpha value is -3.06. The summed E-state index contributed by atoms with van der Waals surface area (Å²) < 4.78 is 72.6. The molecular formula is C22H23F4N3O5S. The SMILES string of the molecule is Cc1ccc(S(=O)(=O)N2CCC3(CC3C(=O)NCc3cccnc3)C2)cc1F.O=C(O)C(F)(F)F. The van der Waals surface area contributed by atoms with E-state index >= 15 is 0 Å². The van der Waals surface area contributed by atoms with Crippen LogP contribution >= 0.6 is 0 Å². The zero-order valence-electron chi connectivity index (χ0n) is 18.5. The third kappa shape index (κ3) is 6.14.